The molecule has 2 rings (SSSR count). The summed E-state index contributed by atoms with van der Waals surface area (Å²) < 4.78 is 0. The van der Waals surface area contributed by atoms with Gasteiger partial charge in [-0.25, -0.2) is 0 Å². The highest BCUT2D eigenvalue weighted by molar-refractivity contribution is 5.77. The maximum Gasteiger partial charge on any atom is 0.224 e. The highest BCUT2D eigenvalue weighted by Gasteiger charge is 2.23. The van der Waals surface area contributed by atoms with E-state index in [1.165, 1.54) is 5.56 Å². The maximum atomic E-state index is 12.7. The van der Waals surface area contributed by atoms with Gasteiger partial charge < -0.3 is 4.90 Å². The SMILES string of the molecule is CC(CC(=O)N(C)[C@@H](C)c1ccccc1)N(C)[C@@H](C)c1ccccc1. The molecule has 0 bridgehead atoms. The molecule has 0 aliphatic rings. The maximum absolute atomic E-state index is 12.7. The largest absolute Gasteiger partial charge is 0.339 e. The molecule has 0 heterocycles. The Kier molecular flexibility index (Phi) is 6.77. The molecule has 134 valence electrons. The minimum Gasteiger partial charge on any atom is -0.339 e. The van der Waals surface area contributed by atoms with Crippen LogP contribution in [0.1, 0.15) is 50.4 Å². The Balaban J connectivity index is 1.96. The molecule has 0 radical (unpaired) electrons. The normalized spacial score (nSPS) is 14.8. The zero-order valence-electron chi connectivity index (χ0n) is 16.0. The van der Waals surface area contributed by atoms with Gasteiger partial charge in [0, 0.05) is 25.6 Å². The molecule has 2 aromatic rings. The summed E-state index contributed by atoms with van der Waals surface area (Å²) in [6, 6.07) is 21.1. The van der Waals surface area contributed by atoms with Crippen molar-refractivity contribution in [1.82, 2.24) is 9.80 Å². The summed E-state index contributed by atoms with van der Waals surface area (Å²) >= 11 is 0. The molecule has 1 unspecified atom stereocenters. The summed E-state index contributed by atoms with van der Waals surface area (Å²) in [5.41, 5.74) is 2.44. The fourth-order valence-corrected chi connectivity index (χ4v) is 3.06. The summed E-state index contributed by atoms with van der Waals surface area (Å²) in [4.78, 5) is 16.9. The van der Waals surface area contributed by atoms with Crippen LogP contribution < -0.4 is 0 Å². The average molecular weight is 338 g/mol. The molecule has 3 atom stereocenters. The van der Waals surface area contributed by atoms with Crippen molar-refractivity contribution in [2.45, 2.75) is 45.3 Å². The van der Waals surface area contributed by atoms with Gasteiger partial charge in [0.15, 0.2) is 0 Å². The number of carbonyl (C=O) groups excluding carboxylic acids is 1. The van der Waals surface area contributed by atoms with Gasteiger partial charge in [-0.05, 0) is 38.9 Å². The van der Waals surface area contributed by atoms with E-state index in [0.29, 0.717) is 6.42 Å². The lowest BCUT2D eigenvalue weighted by Gasteiger charge is -2.33. The molecule has 0 saturated carbocycles. The Bertz CT molecular complexity index is 656. The molecule has 3 heteroatoms. The van der Waals surface area contributed by atoms with Crippen molar-refractivity contribution in [3.8, 4) is 0 Å². The van der Waals surface area contributed by atoms with Crippen molar-refractivity contribution < 1.29 is 4.79 Å². The predicted octanol–water partition coefficient (Wildman–Crippen LogP) is 4.68. The van der Waals surface area contributed by atoms with Gasteiger partial charge >= 0.3 is 0 Å². The van der Waals surface area contributed by atoms with E-state index >= 15 is 0 Å². The first kappa shape index (κ1) is 19.2. The number of hydrogen-bond donors (Lipinski definition) is 0. The van der Waals surface area contributed by atoms with E-state index in [1.54, 1.807) is 0 Å². The molecule has 3 nitrogen and oxygen atoms in total. The van der Waals surface area contributed by atoms with Crippen LogP contribution in [-0.4, -0.2) is 35.8 Å². The van der Waals surface area contributed by atoms with Crippen molar-refractivity contribution in [2.75, 3.05) is 14.1 Å². The molecule has 0 aromatic heterocycles. The highest BCUT2D eigenvalue weighted by atomic mass is 16.2. The fraction of sp³-hybridized carbons (Fsp3) is 0.409. The van der Waals surface area contributed by atoms with E-state index in [1.807, 2.05) is 36.2 Å². The smallest absolute Gasteiger partial charge is 0.224 e. The van der Waals surface area contributed by atoms with Gasteiger partial charge in [-0.2, -0.15) is 0 Å². The minimum absolute atomic E-state index is 0.0813. The van der Waals surface area contributed by atoms with Gasteiger partial charge in [0.1, 0.15) is 0 Å². The van der Waals surface area contributed by atoms with Crippen LogP contribution in [0.2, 0.25) is 0 Å². The first-order chi connectivity index (χ1) is 11.9. The monoisotopic (exact) mass is 338 g/mol. The molecule has 0 spiro atoms. The van der Waals surface area contributed by atoms with Crippen LogP contribution in [-0.2, 0) is 4.79 Å². The van der Waals surface area contributed by atoms with Crippen molar-refractivity contribution >= 4 is 5.91 Å². The van der Waals surface area contributed by atoms with Crippen LogP contribution >= 0.6 is 0 Å². The van der Waals surface area contributed by atoms with E-state index in [2.05, 4.69) is 69.1 Å². The predicted molar refractivity (Wildman–Crippen MR) is 104 cm³/mol. The molecule has 25 heavy (non-hydrogen) atoms. The molecule has 0 saturated heterocycles. The summed E-state index contributed by atoms with van der Waals surface area (Å²) in [5.74, 6) is 0.177. The summed E-state index contributed by atoms with van der Waals surface area (Å²) in [6.07, 6.45) is 0.515. The van der Waals surface area contributed by atoms with Crippen molar-refractivity contribution in [1.29, 1.82) is 0 Å². The Morgan fingerprint density at radius 2 is 1.24 bits per heavy atom. The molecule has 2 aromatic carbocycles. The highest BCUT2D eigenvalue weighted by Crippen LogP contribution is 2.23. The molecular weight excluding hydrogens is 308 g/mol. The Morgan fingerprint density at radius 3 is 1.72 bits per heavy atom. The van der Waals surface area contributed by atoms with Crippen LogP contribution in [0.15, 0.2) is 60.7 Å². The molecule has 0 N–H and O–H groups in total. The third kappa shape index (κ3) is 4.93. The zero-order chi connectivity index (χ0) is 18.4. The number of benzene rings is 2. The molecule has 1 amide bonds. The quantitative estimate of drug-likeness (QED) is 0.732. The van der Waals surface area contributed by atoms with Crippen LogP contribution in [0.5, 0.6) is 0 Å². The van der Waals surface area contributed by atoms with Crippen molar-refractivity contribution in [3.05, 3.63) is 71.8 Å². The Morgan fingerprint density at radius 1 is 0.800 bits per heavy atom. The van der Waals surface area contributed by atoms with E-state index < -0.39 is 0 Å². The fourth-order valence-electron chi connectivity index (χ4n) is 3.06. The second-order valence-corrected chi connectivity index (χ2v) is 6.90. The second kappa shape index (κ2) is 8.82. The number of carbonyl (C=O) groups is 1. The number of amides is 1. The lowest BCUT2D eigenvalue weighted by Crippen LogP contribution is -2.38. The average Bonchev–Trinajstić information content (AvgIpc) is 2.66. The molecule has 0 aliphatic heterocycles. The van der Waals surface area contributed by atoms with Crippen molar-refractivity contribution in [2.24, 2.45) is 0 Å². The van der Waals surface area contributed by atoms with E-state index in [9.17, 15) is 4.79 Å². The lowest BCUT2D eigenvalue weighted by atomic mass is 10.0. The van der Waals surface area contributed by atoms with Gasteiger partial charge in [0.05, 0.1) is 6.04 Å². The zero-order valence-corrected chi connectivity index (χ0v) is 16.0. The number of nitrogens with zero attached hydrogens (tertiary/aromatic N) is 2. The minimum atomic E-state index is 0.0813. The molecule has 0 aliphatic carbocycles. The number of rotatable bonds is 7. The number of hydrogen-bond acceptors (Lipinski definition) is 2. The lowest BCUT2D eigenvalue weighted by molar-refractivity contribution is -0.133. The first-order valence-electron chi connectivity index (χ1n) is 8.99. The first-order valence-corrected chi connectivity index (χ1v) is 8.99. The standard InChI is InChI=1S/C22H30N2O/c1-17(23(4)18(2)20-12-8-6-9-13-20)16-22(25)24(5)19(3)21-14-10-7-11-15-21/h6-15,17-19H,16H2,1-5H3/t17?,18-,19-/m0/s1. The van der Waals surface area contributed by atoms with Gasteiger partial charge in [0.25, 0.3) is 0 Å². The second-order valence-electron chi connectivity index (χ2n) is 6.90. The Labute approximate surface area is 152 Å². The third-order valence-corrected chi connectivity index (χ3v) is 5.31. The van der Waals surface area contributed by atoms with E-state index in [-0.39, 0.29) is 24.0 Å². The summed E-state index contributed by atoms with van der Waals surface area (Å²) in [7, 11) is 3.99. The topological polar surface area (TPSA) is 23.6 Å². The summed E-state index contributed by atoms with van der Waals surface area (Å²) in [6.45, 7) is 6.39. The van der Waals surface area contributed by atoms with Crippen LogP contribution in [0.3, 0.4) is 0 Å². The molecular formula is C22H30N2O. The van der Waals surface area contributed by atoms with Gasteiger partial charge in [-0.1, -0.05) is 60.7 Å². The van der Waals surface area contributed by atoms with E-state index in [4.69, 9.17) is 0 Å². The molecule has 0 fully saturated rings. The van der Waals surface area contributed by atoms with Gasteiger partial charge in [0.2, 0.25) is 5.91 Å². The van der Waals surface area contributed by atoms with Crippen LogP contribution in [0.4, 0.5) is 0 Å². The third-order valence-electron chi connectivity index (χ3n) is 5.31. The van der Waals surface area contributed by atoms with E-state index in [0.717, 1.165) is 5.56 Å². The van der Waals surface area contributed by atoms with Crippen LogP contribution in [0, 0.1) is 0 Å². The summed E-state index contributed by atoms with van der Waals surface area (Å²) in [5, 5.41) is 0. The Hall–Kier alpha value is -2.13. The van der Waals surface area contributed by atoms with Crippen LogP contribution in [0.25, 0.3) is 0 Å². The van der Waals surface area contributed by atoms with Gasteiger partial charge in [-0.3, -0.25) is 9.69 Å². The van der Waals surface area contributed by atoms with Gasteiger partial charge in [-0.15, -0.1) is 0 Å². The van der Waals surface area contributed by atoms with Crippen molar-refractivity contribution in [3.63, 3.8) is 0 Å².